The Bertz CT molecular complexity index is 2430. The van der Waals surface area contributed by atoms with Gasteiger partial charge in [0.25, 0.3) is 0 Å². The van der Waals surface area contributed by atoms with Crippen LogP contribution in [0, 0.1) is 0 Å². The van der Waals surface area contributed by atoms with E-state index in [0.29, 0.717) is 5.82 Å². The van der Waals surface area contributed by atoms with Gasteiger partial charge in [0.1, 0.15) is 0 Å². The first kappa shape index (κ1) is 29.3. The highest BCUT2D eigenvalue weighted by Crippen LogP contribution is 2.45. The van der Waals surface area contributed by atoms with E-state index in [1.54, 1.807) is 0 Å². The van der Waals surface area contributed by atoms with Crippen molar-refractivity contribution in [1.29, 1.82) is 0 Å². The van der Waals surface area contributed by atoms with Crippen LogP contribution >= 0.6 is 0 Å². The lowest BCUT2D eigenvalue weighted by molar-refractivity contribution is 1.15. The number of allylic oxidation sites excluding steroid dienone is 3. The first-order valence-electron chi connectivity index (χ1n) is 16.5. The van der Waals surface area contributed by atoms with Gasteiger partial charge in [-0.1, -0.05) is 171 Å². The molecular weight excluding hydrogens is 581 g/mol. The molecule has 8 aromatic rings. The monoisotopic (exact) mass is 614 g/mol. The molecule has 228 valence electrons. The Morgan fingerprint density at radius 2 is 1.10 bits per heavy atom. The van der Waals surface area contributed by atoms with E-state index < -0.39 is 0 Å². The molecule has 0 saturated carbocycles. The predicted molar refractivity (Wildman–Crippen MR) is 205 cm³/mol. The van der Waals surface area contributed by atoms with Crippen molar-refractivity contribution in [2.45, 2.75) is 13.3 Å². The summed E-state index contributed by atoms with van der Waals surface area (Å²) >= 11 is 0. The van der Waals surface area contributed by atoms with Crippen LogP contribution in [0.15, 0.2) is 170 Å². The van der Waals surface area contributed by atoms with E-state index in [2.05, 4.69) is 153 Å². The SMILES string of the molecule is C=C/C(=C\CC)c1cc(-c2ccccc2)nc(-c2ccc(-c3c4ccccc4c(-c4cccc5ccccc45)c4ccccc34)cc2)n1. The highest BCUT2D eigenvalue weighted by atomic mass is 14.9. The van der Waals surface area contributed by atoms with Crippen molar-refractivity contribution in [2.75, 3.05) is 0 Å². The lowest BCUT2D eigenvalue weighted by atomic mass is 9.84. The summed E-state index contributed by atoms with van der Waals surface area (Å²) in [6.07, 6.45) is 4.94. The molecule has 0 atom stereocenters. The molecule has 1 heterocycles. The topological polar surface area (TPSA) is 25.8 Å². The Morgan fingerprint density at radius 3 is 1.75 bits per heavy atom. The van der Waals surface area contributed by atoms with Crippen molar-refractivity contribution in [3.8, 4) is 44.9 Å². The summed E-state index contributed by atoms with van der Waals surface area (Å²) < 4.78 is 0. The summed E-state index contributed by atoms with van der Waals surface area (Å²) in [5, 5.41) is 7.46. The first-order valence-corrected chi connectivity index (χ1v) is 16.5. The first-order chi connectivity index (χ1) is 23.7. The molecule has 0 radical (unpaired) electrons. The van der Waals surface area contributed by atoms with E-state index in [0.717, 1.165) is 40.1 Å². The minimum atomic E-state index is 0.697. The molecule has 0 aliphatic heterocycles. The summed E-state index contributed by atoms with van der Waals surface area (Å²) in [5.41, 5.74) is 9.73. The second kappa shape index (κ2) is 12.6. The van der Waals surface area contributed by atoms with E-state index >= 15 is 0 Å². The van der Waals surface area contributed by atoms with Crippen LogP contribution in [0.5, 0.6) is 0 Å². The third-order valence-electron chi connectivity index (χ3n) is 9.16. The fourth-order valence-corrected chi connectivity index (χ4v) is 6.95. The fourth-order valence-electron chi connectivity index (χ4n) is 6.95. The number of fused-ring (bicyclic) bond motifs is 3. The summed E-state index contributed by atoms with van der Waals surface area (Å²) in [4.78, 5) is 10.1. The highest BCUT2D eigenvalue weighted by molar-refractivity contribution is 6.23. The van der Waals surface area contributed by atoms with Gasteiger partial charge >= 0.3 is 0 Å². The van der Waals surface area contributed by atoms with Crippen LogP contribution in [0.25, 0.3) is 82.8 Å². The van der Waals surface area contributed by atoms with Crippen LogP contribution in [-0.2, 0) is 0 Å². The molecule has 8 rings (SSSR count). The quantitative estimate of drug-likeness (QED) is 0.132. The van der Waals surface area contributed by atoms with Gasteiger partial charge in [0.05, 0.1) is 11.4 Å². The van der Waals surface area contributed by atoms with Crippen molar-refractivity contribution in [1.82, 2.24) is 9.97 Å². The normalized spacial score (nSPS) is 11.7. The second-order valence-electron chi connectivity index (χ2n) is 12.0. The molecule has 0 fully saturated rings. The smallest absolute Gasteiger partial charge is 0.160 e. The fraction of sp³-hybridized carbons (Fsp3) is 0.0435. The van der Waals surface area contributed by atoms with Crippen LogP contribution in [0.2, 0.25) is 0 Å². The molecule has 0 amide bonds. The predicted octanol–water partition coefficient (Wildman–Crippen LogP) is 12.6. The van der Waals surface area contributed by atoms with Crippen molar-refractivity contribution in [3.05, 3.63) is 176 Å². The van der Waals surface area contributed by atoms with E-state index in [9.17, 15) is 0 Å². The Morgan fingerprint density at radius 1 is 0.542 bits per heavy atom. The number of aromatic nitrogens is 2. The maximum Gasteiger partial charge on any atom is 0.160 e. The number of rotatable bonds is 7. The van der Waals surface area contributed by atoms with Gasteiger partial charge in [0.2, 0.25) is 0 Å². The molecule has 0 unspecified atom stereocenters. The van der Waals surface area contributed by atoms with Crippen LogP contribution in [0.4, 0.5) is 0 Å². The Kier molecular flexibility index (Phi) is 7.68. The Balaban J connectivity index is 1.31. The molecule has 0 saturated heterocycles. The van der Waals surface area contributed by atoms with E-state index in [1.165, 1.54) is 49.0 Å². The molecule has 1 aromatic heterocycles. The molecule has 7 aromatic carbocycles. The van der Waals surface area contributed by atoms with Crippen LogP contribution in [-0.4, -0.2) is 9.97 Å². The maximum atomic E-state index is 5.05. The standard InChI is InChI=1S/C46H34N2/c1-3-15-31(4-2)42-30-43(33-17-6-5-7-18-33)48-46(47-42)35-28-26-34(27-29-35)44-38-21-10-12-23-40(38)45(41-24-13-11-22-39(41)44)37-25-14-19-32-16-8-9-20-36(32)37/h4-30H,2-3H2,1H3/b31-15+. The van der Waals surface area contributed by atoms with Gasteiger partial charge in [-0.15, -0.1) is 0 Å². The van der Waals surface area contributed by atoms with Gasteiger partial charge in [-0.2, -0.15) is 0 Å². The zero-order chi connectivity index (χ0) is 32.5. The molecule has 2 nitrogen and oxygen atoms in total. The van der Waals surface area contributed by atoms with E-state index in [-0.39, 0.29) is 0 Å². The maximum absolute atomic E-state index is 5.05. The Labute approximate surface area is 281 Å². The average Bonchev–Trinajstić information content (AvgIpc) is 3.16. The van der Waals surface area contributed by atoms with Crippen molar-refractivity contribution in [2.24, 2.45) is 0 Å². The summed E-state index contributed by atoms with van der Waals surface area (Å²) in [5.74, 6) is 0.697. The van der Waals surface area contributed by atoms with Crippen LogP contribution in [0.1, 0.15) is 19.0 Å². The molecule has 0 aliphatic carbocycles. The third-order valence-corrected chi connectivity index (χ3v) is 9.16. The molecule has 0 N–H and O–H groups in total. The third kappa shape index (κ3) is 5.18. The van der Waals surface area contributed by atoms with E-state index in [4.69, 9.17) is 9.97 Å². The Hall–Kier alpha value is -6.12. The minimum absolute atomic E-state index is 0.697. The molecule has 0 spiro atoms. The summed E-state index contributed by atoms with van der Waals surface area (Å²) in [6, 6.07) is 54.0. The van der Waals surface area contributed by atoms with Gasteiger partial charge in [0, 0.05) is 11.1 Å². The zero-order valence-electron chi connectivity index (χ0n) is 26.9. The molecule has 48 heavy (non-hydrogen) atoms. The average molecular weight is 615 g/mol. The largest absolute Gasteiger partial charge is 0.228 e. The molecule has 2 heteroatoms. The van der Waals surface area contributed by atoms with Crippen LogP contribution < -0.4 is 0 Å². The van der Waals surface area contributed by atoms with Crippen molar-refractivity contribution >= 4 is 37.9 Å². The van der Waals surface area contributed by atoms with Gasteiger partial charge in [-0.05, 0) is 72.6 Å². The van der Waals surface area contributed by atoms with Crippen molar-refractivity contribution < 1.29 is 0 Å². The van der Waals surface area contributed by atoms with Crippen LogP contribution in [0.3, 0.4) is 0 Å². The number of hydrogen-bond donors (Lipinski definition) is 0. The molecule has 0 bridgehead atoms. The van der Waals surface area contributed by atoms with Gasteiger partial charge in [-0.3, -0.25) is 0 Å². The number of benzene rings is 7. The molecule has 0 aliphatic rings. The second-order valence-corrected chi connectivity index (χ2v) is 12.0. The number of nitrogens with zero attached hydrogens (tertiary/aromatic N) is 2. The number of hydrogen-bond acceptors (Lipinski definition) is 2. The van der Waals surface area contributed by atoms with Gasteiger partial charge < -0.3 is 0 Å². The highest BCUT2D eigenvalue weighted by Gasteiger charge is 2.18. The summed E-state index contributed by atoms with van der Waals surface area (Å²) in [7, 11) is 0. The lowest BCUT2D eigenvalue weighted by Crippen LogP contribution is -1.98. The minimum Gasteiger partial charge on any atom is -0.228 e. The lowest BCUT2D eigenvalue weighted by Gasteiger charge is -2.19. The zero-order valence-corrected chi connectivity index (χ0v) is 26.9. The van der Waals surface area contributed by atoms with Gasteiger partial charge in [-0.25, -0.2) is 9.97 Å². The summed E-state index contributed by atoms with van der Waals surface area (Å²) in [6.45, 7) is 6.20. The van der Waals surface area contributed by atoms with Crippen molar-refractivity contribution in [3.63, 3.8) is 0 Å². The molecular formula is C46H34N2. The van der Waals surface area contributed by atoms with Gasteiger partial charge in [0.15, 0.2) is 5.82 Å². The van der Waals surface area contributed by atoms with E-state index in [1.807, 2.05) is 24.3 Å².